The molecule has 0 heterocycles. The zero-order valence-corrected chi connectivity index (χ0v) is 15.6. The first-order valence-electron chi connectivity index (χ1n) is 9.38. The molecule has 0 bridgehead atoms. The maximum Gasteiger partial charge on any atom is 0.0104 e. The lowest BCUT2D eigenvalue weighted by atomic mass is 10.1. The van der Waals surface area contributed by atoms with Gasteiger partial charge in [0.2, 0.25) is 0 Å². The van der Waals surface area contributed by atoms with Gasteiger partial charge in [0.1, 0.15) is 0 Å². The number of rotatable bonds is 15. The van der Waals surface area contributed by atoms with Crippen molar-refractivity contribution in [2.75, 3.05) is 33.7 Å². The van der Waals surface area contributed by atoms with E-state index in [1.807, 2.05) is 19.2 Å². The second-order valence-corrected chi connectivity index (χ2v) is 6.22. The first kappa shape index (κ1) is 22.0. The van der Waals surface area contributed by atoms with Crippen LogP contribution in [0.15, 0.2) is 24.8 Å². The third kappa shape index (κ3) is 18.9. The largest absolute Gasteiger partial charge is 0.318 e. The lowest BCUT2D eigenvalue weighted by Crippen LogP contribution is -2.28. The van der Waals surface area contributed by atoms with E-state index in [9.17, 15) is 0 Å². The molecule has 0 rings (SSSR count). The lowest BCUT2D eigenvalue weighted by molar-refractivity contribution is 0.325. The first-order valence-corrected chi connectivity index (χ1v) is 9.38. The van der Waals surface area contributed by atoms with Gasteiger partial charge in [-0.25, -0.2) is 0 Å². The quantitative estimate of drug-likeness (QED) is 0.265. The Balaban J connectivity index is 3.23. The van der Waals surface area contributed by atoms with Crippen molar-refractivity contribution in [3.63, 3.8) is 0 Å². The van der Waals surface area contributed by atoms with Gasteiger partial charge in [-0.05, 0) is 52.4 Å². The lowest BCUT2D eigenvalue weighted by Gasteiger charge is -2.15. The number of nitrogens with zero attached hydrogens (tertiary/aromatic N) is 1. The topological polar surface area (TPSA) is 15.3 Å². The number of allylic oxidation sites excluding steroid dienone is 3. The van der Waals surface area contributed by atoms with Crippen LogP contribution < -0.4 is 5.32 Å². The third-order valence-corrected chi connectivity index (χ3v) is 3.93. The molecule has 0 fully saturated rings. The molecule has 2 heteroatoms. The summed E-state index contributed by atoms with van der Waals surface area (Å²) < 4.78 is 0. The van der Waals surface area contributed by atoms with Gasteiger partial charge >= 0.3 is 0 Å². The molecule has 0 radical (unpaired) electrons. The van der Waals surface area contributed by atoms with Gasteiger partial charge in [0.15, 0.2) is 0 Å². The fourth-order valence-corrected chi connectivity index (χ4v) is 2.38. The fourth-order valence-electron chi connectivity index (χ4n) is 2.38. The molecule has 0 aliphatic heterocycles. The first-order chi connectivity index (χ1) is 11.3. The average molecular weight is 319 g/mol. The summed E-state index contributed by atoms with van der Waals surface area (Å²) in [5.41, 5.74) is 0. The summed E-state index contributed by atoms with van der Waals surface area (Å²) in [4.78, 5) is 2.42. The second-order valence-electron chi connectivity index (χ2n) is 6.22. The highest BCUT2D eigenvalue weighted by molar-refractivity contribution is 5.15. The predicted octanol–water partition coefficient (Wildman–Crippen LogP) is 4.78. The molecule has 0 unspecified atom stereocenters. The standard InChI is InChI=1S/C21H38N2/c1-4-5-6-7-8-9-10-11-12-13-14-15-16-17-18-20-23(3)21-19-22-2/h4,7-8,22H,1,5-6,11-21H2,2-3H3/b8-7-. The average Bonchev–Trinajstić information content (AvgIpc) is 2.56. The molecule has 0 aromatic heterocycles. The SMILES string of the molecule is C=CCC/C=C\C#CCCCCCCCCCN(C)CCNC. The van der Waals surface area contributed by atoms with Gasteiger partial charge in [-0.15, -0.1) is 6.58 Å². The Kier molecular flexibility index (Phi) is 18.1. The third-order valence-electron chi connectivity index (χ3n) is 3.93. The summed E-state index contributed by atoms with van der Waals surface area (Å²) in [5.74, 6) is 6.34. The van der Waals surface area contributed by atoms with Crippen LogP contribution in [0.4, 0.5) is 0 Å². The summed E-state index contributed by atoms with van der Waals surface area (Å²) in [7, 11) is 4.23. The molecule has 0 aliphatic carbocycles. The Bertz CT molecular complexity index is 335. The van der Waals surface area contributed by atoms with E-state index in [-0.39, 0.29) is 0 Å². The molecule has 0 atom stereocenters. The minimum absolute atomic E-state index is 1.04. The van der Waals surface area contributed by atoms with Gasteiger partial charge in [0.25, 0.3) is 0 Å². The van der Waals surface area contributed by atoms with Gasteiger partial charge in [-0.3, -0.25) is 0 Å². The van der Waals surface area contributed by atoms with Crippen molar-refractivity contribution in [2.24, 2.45) is 0 Å². The normalized spacial score (nSPS) is 10.9. The Morgan fingerprint density at radius 1 is 0.957 bits per heavy atom. The molecule has 0 aromatic carbocycles. The van der Waals surface area contributed by atoms with Crippen molar-refractivity contribution >= 4 is 0 Å². The van der Waals surface area contributed by atoms with Crippen molar-refractivity contribution in [1.29, 1.82) is 0 Å². The number of hydrogen-bond acceptors (Lipinski definition) is 2. The van der Waals surface area contributed by atoms with E-state index < -0.39 is 0 Å². The Labute approximate surface area is 145 Å². The molecule has 0 saturated heterocycles. The van der Waals surface area contributed by atoms with E-state index in [0.29, 0.717) is 0 Å². The van der Waals surface area contributed by atoms with Crippen LogP contribution >= 0.6 is 0 Å². The molecule has 0 spiro atoms. The highest BCUT2D eigenvalue weighted by Crippen LogP contribution is 2.08. The molecule has 0 aromatic rings. The zero-order chi connectivity index (χ0) is 17.0. The maximum atomic E-state index is 3.70. The number of likely N-dealkylation sites (N-methyl/N-ethyl adjacent to an activating group) is 2. The minimum Gasteiger partial charge on any atom is -0.318 e. The molecule has 0 amide bonds. The fraction of sp³-hybridized carbons (Fsp3) is 0.714. The van der Waals surface area contributed by atoms with Crippen molar-refractivity contribution in [1.82, 2.24) is 10.2 Å². The van der Waals surface area contributed by atoms with Gasteiger partial charge in [0.05, 0.1) is 0 Å². The van der Waals surface area contributed by atoms with Crippen LogP contribution in [0.2, 0.25) is 0 Å². The second kappa shape index (κ2) is 19.0. The Morgan fingerprint density at radius 2 is 1.65 bits per heavy atom. The van der Waals surface area contributed by atoms with Crippen LogP contribution in [-0.2, 0) is 0 Å². The van der Waals surface area contributed by atoms with Crippen LogP contribution in [0, 0.1) is 11.8 Å². The van der Waals surface area contributed by atoms with Crippen LogP contribution in [0.3, 0.4) is 0 Å². The van der Waals surface area contributed by atoms with Crippen LogP contribution in [0.1, 0.15) is 64.2 Å². The van der Waals surface area contributed by atoms with Gasteiger partial charge in [-0.1, -0.05) is 56.1 Å². The molecule has 1 N–H and O–H groups in total. The Morgan fingerprint density at radius 3 is 2.35 bits per heavy atom. The van der Waals surface area contributed by atoms with Crippen LogP contribution in [0.5, 0.6) is 0 Å². The Hall–Kier alpha value is -1.04. The summed E-state index contributed by atoms with van der Waals surface area (Å²) in [5, 5.41) is 3.19. The van der Waals surface area contributed by atoms with E-state index in [0.717, 1.165) is 32.4 Å². The number of hydrogen-bond donors (Lipinski definition) is 1. The van der Waals surface area contributed by atoms with Crippen molar-refractivity contribution in [2.45, 2.75) is 64.2 Å². The van der Waals surface area contributed by atoms with Gasteiger partial charge in [0, 0.05) is 19.5 Å². The van der Waals surface area contributed by atoms with E-state index in [4.69, 9.17) is 0 Å². The molecule has 0 saturated carbocycles. The van der Waals surface area contributed by atoms with E-state index in [1.165, 1.54) is 51.5 Å². The number of nitrogens with one attached hydrogen (secondary N) is 1. The zero-order valence-electron chi connectivity index (χ0n) is 15.6. The summed E-state index contributed by atoms with van der Waals surface area (Å²) >= 11 is 0. The van der Waals surface area contributed by atoms with Crippen molar-refractivity contribution in [3.8, 4) is 11.8 Å². The van der Waals surface area contributed by atoms with Gasteiger partial charge < -0.3 is 10.2 Å². The van der Waals surface area contributed by atoms with E-state index >= 15 is 0 Å². The number of unbranched alkanes of at least 4 members (excludes halogenated alkanes) is 8. The summed E-state index contributed by atoms with van der Waals surface area (Å²) in [6.45, 7) is 7.18. The molecule has 132 valence electrons. The molecule has 2 nitrogen and oxygen atoms in total. The monoisotopic (exact) mass is 318 g/mol. The smallest absolute Gasteiger partial charge is 0.0104 e. The molecular weight excluding hydrogens is 280 g/mol. The predicted molar refractivity (Wildman–Crippen MR) is 105 cm³/mol. The maximum absolute atomic E-state index is 3.70. The van der Waals surface area contributed by atoms with Crippen LogP contribution in [0.25, 0.3) is 0 Å². The van der Waals surface area contributed by atoms with Crippen LogP contribution in [-0.4, -0.2) is 38.6 Å². The molecule has 23 heavy (non-hydrogen) atoms. The van der Waals surface area contributed by atoms with Crippen molar-refractivity contribution in [3.05, 3.63) is 24.8 Å². The van der Waals surface area contributed by atoms with E-state index in [1.54, 1.807) is 0 Å². The summed E-state index contributed by atoms with van der Waals surface area (Å²) in [6, 6.07) is 0. The van der Waals surface area contributed by atoms with Crippen molar-refractivity contribution < 1.29 is 0 Å². The van der Waals surface area contributed by atoms with E-state index in [2.05, 4.69) is 41.8 Å². The minimum atomic E-state index is 1.04. The highest BCUT2D eigenvalue weighted by atomic mass is 15.1. The highest BCUT2D eigenvalue weighted by Gasteiger charge is 1.97. The summed E-state index contributed by atoms with van der Waals surface area (Å²) in [6.07, 6.45) is 18.6. The van der Waals surface area contributed by atoms with Gasteiger partial charge in [-0.2, -0.15) is 0 Å². The molecular formula is C21H38N2. The molecule has 0 aliphatic rings.